The molecular formula is C19H14FNO3. The molecular weight excluding hydrogens is 309 g/mol. The van der Waals surface area contributed by atoms with E-state index in [2.05, 4.69) is 0 Å². The molecule has 0 saturated heterocycles. The molecule has 0 unspecified atom stereocenters. The van der Waals surface area contributed by atoms with Crippen LogP contribution in [0.4, 0.5) is 4.39 Å². The van der Waals surface area contributed by atoms with E-state index in [1.807, 2.05) is 13.0 Å². The van der Waals surface area contributed by atoms with Crippen LogP contribution in [-0.4, -0.2) is 17.9 Å². The van der Waals surface area contributed by atoms with Crippen molar-refractivity contribution in [3.63, 3.8) is 0 Å². The van der Waals surface area contributed by atoms with Crippen LogP contribution in [0.1, 0.15) is 33.3 Å². The summed E-state index contributed by atoms with van der Waals surface area (Å²) in [6.07, 6.45) is 0. The van der Waals surface area contributed by atoms with Crippen molar-refractivity contribution in [3.05, 3.63) is 81.0 Å². The Morgan fingerprint density at radius 3 is 2.62 bits per heavy atom. The van der Waals surface area contributed by atoms with Crippen molar-refractivity contribution in [1.29, 1.82) is 0 Å². The van der Waals surface area contributed by atoms with E-state index in [1.54, 1.807) is 37.4 Å². The molecule has 24 heavy (non-hydrogen) atoms. The number of benzene rings is 2. The van der Waals surface area contributed by atoms with Gasteiger partial charge in [0.15, 0.2) is 5.43 Å². The van der Waals surface area contributed by atoms with Crippen molar-refractivity contribution in [2.24, 2.45) is 0 Å². The van der Waals surface area contributed by atoms with Gasteiger partial charge in [-0.05, 0) is 25.1 Å². The smallest absolute Gasteiger partial charge is 0.290 e. The third-order valence-corrected chi connectivity index (χ3v) is 4.46. The van der Waals surface area contributed by atoms with Gasteiger partial charge in [0.05, 0.1) is 17.0 Å². The first-order chi connectivity index (χ1) is 11.5. The van der Waals surface area contributed by atoms with Crippen molar-refractivity contribution < 1.29 is 13.6 Å². The summed E-state index contributed by atoms with van der Waals surface area (Å²) in [5.41, 5.74) is 1.47. The molecule has 3 aromatic rings. The van der Waals surface area contributed by atoms with E-state index in [-0.39, 0.29) is 22.3 Å². The molecule has 120 valence electrons. The average Bonchev–Trinajstić information content (AvgIpc) is 2.81. The number of fused-ring (bicyclic) bond motifs is 2. The molecule has 0 N–H and O–H groups in total. The molecule has 0 spiro atoms. The quantitative estimate of drug-likeness (QED) is 0.689. The van der Waals surface area contributed by atoms with Crippen LogP contribution >= 0.6 is 0 Å². The number of carbonyl (C=O) groups is 1. The highest BCUT2D eigenvalue weighted by Crippen LogP contribution is 2.37. The zero-order valence-electron chi connectivity index (χ0n) is 13.2. The molecule has 1 aliphatic heterocycles. The van der Waals surface area contributed by atoms with Crippen molar-refractivity contribution >= 4 is 16.9 Å². The highest BCUT2D eigenvalue weighted by molar-refractivity contribution is 5.98. The van der Waals surface area contributed by atoms with E-state index in [0.29, 0.717) is 11.0 Å². The molecule has 1 aliphatic rings. The molecule has 0 radical (unpaired) electrons. The molecule has 2 aromatic carbocycles. The van der Waals surface area contributed by atoms with E-state index < -0.39 is 17.8 Å². The number of aryl methyl sites for hydroxylation is 1. The number of carbonyl (C=O) groups excluding carboxylic acids is 1. The highest BCUT2D eigenvalue weighted by atomic mass is 19.1. The Morgan fingerprint density at radius 2 is 1.88 bits per heavy atom. The molecule has 4 rings (SSSR count). The maximum atomic E-state index is 14.3. The zero-order valence-corrected chi connectivity index (χ0v) is 13.2. The normalized spacial score (nSPS) is 16.7. The van der Waals surface area contributed by atoms with Gasteiger partial charge >= 0.3 is 0 Å². The first-order valence-corrected chi connectivity index (χ1v) is 7.58. The topological polar surface area (TPSA) is 50.5 Å². The second-order valence-electron chi connectivity index (χ2n) is 6.01. The fourth-order valence-corrected chi connectivity index (χ4v) is 3.26. The van der Waals surface area contributed by atoms with Gasteiger partial charge in [-0.25, -0.2) is 4.39 Å². The van der Waals surface area contributed by atoms with Gasteiger partial charge in [-0.1, -0.05) is 29.8 Å². The number of halogens is 1. The second kappa shape index (κ2) is 5.03. The monoisotopic (exact) mass is 323 g/mol. The number of amides is 1. The Labute approximate surface area is 137 Å². The summed E-state index contributed by atoms with van der Waals surface area (Å²) in [6, 6.07) is 10.6. The molecule has 2 heterocycles. The summed E-state index contributed by atoms with van der Waals surface area (Å²) in [7, 11) is 1.55. The number of nitrogens with zero attached hydrogens (tertiary/aromatic N) is 1. The van der Waals surface area contributed by atoms with Crippen LogP contribution in [0.15, 0.2) is 51.7 Å². The summed E-state index contributed by atoms with van der Waals surface area (Å²) >= 11 is 0. The molecule has 4 nitrogen and oxygen atoms in total. The predicted molar refractivity (Wildman–Crippen MR) is 87.6 cm³/mol. The summed E-state index contributed by atoms with van der Waals surface area (Å²) in [6.45, 7) is 1.87. The van der Waals surface area contributed by atoms with Gasteiger partial charge in [0.2, 0.25) is 5.76 Å². The standard InChI is InChI=1S/C19H14FNO3/c1-10-7-8-14-12(9-10)17(22)15-16(11-5-3-4-6-13(11)20)21(2)19(23)18(15)24-14/h3-9,16H,1-2H3/t16-/m0/s1. The van der Waals surface area contributed by atoms with E-state index in [0.717, 1.165) is 5.56 Å². The van der Waals surface area contributed by atoms with Gasteiger partial charge in [0, 0.05) is 12.6 Å². The minimum atomic E-state index is -0.783. The van der Waals surface area contributed by atoms with Gasteiger partial charge < -0.3 is 9.32 Å². The Kier molecular flexibility index (Phi) is 3.06. The Bertz CT molecular complexity index is 1050. The van der Waals surface area contributed by atoms with Crippen LogP contribution in [0.2, 0.25) is 0 Å². The average molecular weight is 323 g/mol. The zero-order chi connectivity index (χ0) is 17.0. The molecule has 0 fully saturated rings. The Balaban J connectivity index is 2.08. The number of hydrogen-bond donors (Lipinski definition) is 0. The fraction of sp³-hybridized carbons (Fsp3) is 0.158. The van der Waals surface area contributed by atoms with Crippen LogP contribution in [0.5, 0.6) is 0 Å². The maximum Gasteiger partial charge on any atom is 0.290 e. The lowest BCUT2D eigenvalue weighted by atomic mass is 9.98. The number of rotatable bonds is 1. The van der Waals surface area contributed by atoms with E-state index in [1.165, 1.54) is 11.0 Å². The summed E-state index contributed by atoms with van der Waals surface area (Å²) in [5.74, 6) is -0.885. The van der Waals surface area contributed by atoms with Crippen molar-refractivity contribution in [2.75, 3.05) is 7.05 Å². The lowest BCUT2D eigenvalue weighted by Crippen LogP contribution is -2.25. The predicted octanol–water partition coefficient (Wildman–Crippen LogP) is 3.42. The summed E-state index contributed by atoms with van der Waals surface area (Å²) < 4.78 is 20.0. The molecule has 1 atom stereocenters. The molecule has 1 amide bonds. The largest absolute Gasteiger partial charge is 0.450 e. The van der Waals surface area contributed by atoms with Gasteiger partial charge in [-0.2, -0.15) is 0 Å². The van der Waals surface area contributed by atoms with Gasteiger partial charge in [-0.15, -0.1) is 0 Å². The van der Waals surface area contributed by atoms with Crippen molar-refractivity contribution in [2.45, 2.75) is 13.0 Å². The van der Waals surface area contributed by atoms with E-state index in [9.17, 15) is 14.0 Å². The van der Waals surface area contributed by atoms with Crippen LogP contribution in [0.25, 0.3) is 11.0 Å². The van der Waals surface area contributed by atoms with Gasteiger partial charge in [0.1, 0.15) is 11.4 Å². The molecule has 0 saturated carbocycles. The third-order valence-electron chi connectivity index (χ3n) is 4.46. The minimum Gasteiger partial charge on any atom is -0.450 e. The lowest BCUT2D eigenvalue weighted by molar-refractivity contribution is 0.0770. The molecule has 1 aromatic heterocycles. The molecule has 5 heteroatoms. The van der Waals surface area contributed by atoms with Crippen molar-refractivity contribution in [3.8, 4) is 0 Å². The fourth-order valence-electron chi connectivity index (χ4n) is 3.26. The third kappa shape index (κ3) is 1.91. The molecule has 0 aliphatic carbocycles. The van der Waals surface area contributed by atoms with Crippen LogP contribution in [0.3, 0.4) is 0 Å². The van der Waals surface area contributed by atoms with Crippen LogP contribution in [0, 0.1) is 12.7 Å². The molecule has 0 bridgehead atoms. The maximum absolute atomic E-state index is 14.3. The summed E-state index contributed by atoms with van der Waals surface area (Å²) in [5, 5.41) is 0.401. The Morgan fingerprint density at radius 1 is 1.12 bits per heavy atom. The first kappa shape index (κ1) is 14.6. The van der Waals surface area contributed by atoms with Gasteiger partial charge in [0.25, 0.3) is 5.91 Å². The van der Waals surface area contributed by atoms with Crippen LogP contribution < -0.4 is 5.43 Å². The van der Waals surface area contributed by atoms with E-state index >= 15 is 0 Å². The summed E-state index contributed by atoms with van der Waals surface area (Å²) in [4.78, 5) is 26.9. The number of hydrogen-bond acceptors (Lipinski definition) is 3. The second-order valence-corrected chi connectivity index (χ2v) is 6.01. The Hall–Kier alpha value is -2.95. The minimum absolute atomic E-state index is 0.00731. The SMILES string of the molecule is Cc1ccc2oc3c(c(=O)c2c1)[C@H](c1ccccc1F)N(C)C3=O. The van der Waals surface area contributed by atoms with Gasteiger partial charge in [-0.3, -0.25) is 9.59 Å². The lowest BCUT2D eigenvalue weighted by Gasteiger charge is -2.20. The first-order valence-electron chi connectivity index (χ1n) is 7.58. The highest BCUT2D eigenvalue weighted by Gasteiger charge is 2.41. The van der Waals surface area contributed by atoms with Crippen molar-refractivity contribution in [1.82, 2.24) is 4.90 Å². The van der Waals surface area contributed by atoms with Crippen LogP contribution in [-0.2, 0) is 0 Å². The van der Waals surface area contributed by atoms with E-state index in [4.69, 9.17) is 4.42 Å².